The fraction of sp³-hybridized carbons (Fsp3) is 0.846. The first kappa shape index (κ1) is 25.6. The number of hydrogen-bond acceptors (Lipinski definition) is 0. The van der Waals surface area contributed by atoms with Crippen molar-refractivity contribution in [3.63, 3.8) is 0 Å². The van der Waals surface area contributed by atoms with Crippen LogP contribution in [0.1, 0.15) is 141 Å². The Labute approximate surface area is 167 Å². The van der Waals surface area contributed by atoms with Crippen LogP contribution in [0, 0.1) is 25.7 Å². The minimum atomic E-state index is 1.04. The van der Waals surface area contributed by atoms with E-state index in [1.54, 1.807) is 0 Å². The first-order chi connectivity index (χ1) is 12.9. The zero-order chi connectivity index (χ0) is 19.0. The van der Waals surface area contributed by atoms with Gasteiger partial charge >= 0.3 is 0 Å². The molecule has 2 radical (unpaired) electrons. The molecule has 0 rings (SSSR count). The Kier molecular flexibility index (Phi) is 24.1. The molecule has 0 unspecified atom stereocenters. The van der Waals surface area contributed by atoms with Gasteiger partial charge in [0.2, 0.25) is 0 Å². The molecule has 0 N–H and O–H groups in total. The van der Waals surface area contributed by atoms with Crippen molar-refractivity contribution in [1.82, 2.24) is 0 Å². The third-order valence-corrected chi connectivity index (χ3v) is 5.43. The van der Waals surface area contributed by atoms with Gasteiger partial charge in [0.25, 0.3) is 0 Å². The van der Waals surface area contributed by atoms with E-state index in [2.05, 4.69) is 25.7 Å². The molecule has 0 heterocycles. The van der Waals surface area contributed by atoms with Crippen LogP contribution in [0.5, 0.6) is 0 Å². The molecule has 0 aromatic heterocycles. The Hall–Kier alpha value is -0.440. The molecule has 0 fully saturated rings. The van der Waals surface area contributed by atoms with Gasteiger partial charge in [-0.05, 0) is 6.42 Å². The summed E-state index contributed by atoms with van der Waals surface area (Å²) in [5.74, 6) is 5.77. The molecule has 0 amide bonds. The largest absolute Gasteiger partial charge is 0.103 e. The van der Waals surface area contributed by atoms with Gasteiger partial charge in [-0.25, -0.2) is 0 Å². The number of unbranched alkanes of at least 4 members (excludes halogenated alkanes) is 21. The van der Waals surface area contributed by atoms with Gasteiger partial charge in [-0.1, -0.05) is 135 Å². The summed E-state index contributed by atoms with van der Waals surface area (Å²) < 4.78 is 0. The molecule has 0 saturated heterocycles. The van der Waals surface area contributed by atoms with Crippen LogP contribution in [0.3, 0.4) is 0 Å². The van der Waals surface area contributed by atoms with Gasteiger partial charge in [0.1, 0.15) is 0 Å². The zero-order valence-corrected chi connectivity index (χ0v) is 18.0. The van der Waals surface area contributed by atoms with E-state index >= 15 is 0 Å². The molecule has 0 atom stereocenters. The van der Waals surface area contributed by atoms with Crippen LogP contribution in [0.25, 0.3) is 0 Å². The lowest BCUT2D eigenvalue weighted by Crippen LogP contribution is -1.84. The minimum Gasteiger partial charge on any atom is -0.103 e. The first-order valence-corrected chi connectivity index (χ1v) is 12.0. The fourth-order valence-electron chi connectivity index (χ4n) is 3.66. The van der Waals surface area contributed by atoms with E-state index in [0.717, 1.165) is 12.8 Å². The summed E-state index contributed by atoms with van der Waals surface area (Å²) in [6, 6.07) is 0. The van der Waals surface area contributed by atoms with E-state index in [0.29, 0.717) is 0 Å². The average molecular weight is 361 g/mol. The van der Waals surface area contributed by atoms with Crippen LogP contribution < -0.4 is 0 Å². The highest BCUT2D eigenvalue weighted by molar-refractivity contribution is 5.00. The quantitative estimate of drug-likeness (QED) is 0.141. The third kappa shape index (κ3) is 23.6. The van der Waals surface area contributed by atoms with Crippen LogP contribution in [0.4, 0.5) is 0 Å². The molecule has 0 aliphatic carbocycles. The molecule has 0 aromatic carbocycles. The maximum Gasteiger partial charge on any atom is 0.0198 e. The normalized spacial score (nSPS) is 10.7. The minimum absolute atomic E-state index is 1.04. The Balaban J connectivity index is 2.97. The van der Waals surface area contributed by atoms with Gasteiger partial charge in [-0.2, -0.15) is 0 Å². The lowest BCUT2D eigenvalue weighted by atomic mass is 10.0. The van der Waals surface area contributed by atoms with Gasteiger partial charge in [0, 0.05) is 13.3 Å². The molecule has 0 bridgehead atoms. The Bertz CT molecular complexity index is 293. The second-order valence-corrected chi connectivity index (χ2v) is 8.03. The van der Waals surface area contributed by atoms with Crippen LogP contribution in [-0.2, 0) is 0 Å². The molecular formula is C26H48. The second kappa shape index (κ2) is 24.6. The third-order valence-electron chi connectivity index (χ3n) is 5.43. The molecule has 26 heavy (non-hydrogen) atoms. The number of rotatable bonds is 21. The van der Waals surface area contributed by atoms with Crippen molar-refractivity contribution < 1.29 is 0 Å². The highest BCUT2D eigenvalue weighted by Gasteiger charge is 1.95. The number of hydrogen-bond donors (Lipinski definition) is 0. The van der Waals surface area contributed by atoms with Crippen molar-refractivity contribution in [3.05, 3.63) is 13.8 Å². The molecular weight excluding hydrogens is 312 g/mol. The molecule has 0 aliphatic rings. The van der Waals surface area contributed by atoms with Crippen LogP contribution >= 0.6 is 0 Å². The Morgan fingerprint density at radius 1 is 0.385 bits per heavy atom. The highest BCUT2D eigenvalue weighted by Crippen LogP contribution is 2.15. The summed E-state index contributed by atoms with van der Waals surface area (Å²) in [6.07, 6.45) is 30.8. The molecule has 0 aromatic rings. The molecule has 0 aliphatic heterocycles. The van der Waals surface area contributed by atoms with Gasteiger partial charge in [0.15, 0.2) is 0 Å². The standard InChI is InChI=1S/C26H48/c1-3-5-7-9-11-13-15-17-19-21-23-25-26-24-22-20-18-16-14-12-10-8-6-4-2/h1-3,5,7-26H2. The SMILES string of the molecule is [CH2]C#CCCCCCCCCCCCCCCCCCCCCCC[CH2]. The van der Waals surface area contributed by atoms with Gasteiger partial charge in [0.05, 0.1) is 0 Å². The van der Waals surface area contributed by atoms with Crippen molar-refractivity contribution >= 4 is 0 Å². The topological polar surface area (TPSA) is 0 Å². The monoisotopic (exact) mass is 360 g/mol. The van der Waals surface area contributed by atoms with Gasteiger partial charge in [-0.3, -0.25) is 0 Å². The van der Waals surface area contributed by atoms with Crippen LogP contribution in [0.2, 0.25) is 0 Å². The summed E-state index contributed by atoms with van der Waals surface area (Å²) in [6.45, 7) is 7.45. The van der Waals surface area contributed by atoms with E-state index in [9.17, 15) is 0 Å². The van der Waals surface area contributed by atoms with Crippen LogP contribution in [0.15, 0.2) is 0 Å². The summed E-state index contributed by atoms with van der Waals surface area (Å²) in [5.41, 5.74) is 0. The molecule has 0 heteroatoms. The molecule has 152 valence electrons. The van der Waals surface area contributed by atoms with E-state index in [4.69, 9.17) is 0 Å². The zero-order valence-electron chi connectivity index (χ0n) is 18.0. The smallest absolute Gasteiger partial charge is 0.0198 e. The van der Waals surface area contributed by atoms with Gasteiger partial charge < -0.3 is 0 Å². The van der Waals surface area contributed by atoms with Crippen molar-refractivity contribution in [2.75, 3.05) is 0 Å². The predicted octanol–water partition coefficient (Wildman–Crippen LogP) is 9.24. The summed E-state index contributed by atoms with van der Waals surface area (Å²) >= 11 is 0. The average Bonchev–Trinajstić information content (AvgIpc) is 2.66. The summed E-state index contributed by atoms with van der Waals surface area (Å²) in [7, 11) is 0. The maximum atomic E-state index is 3.91. The van der Waals surface area contributed by atoms with Crippen molar-refractivity contribution in [1.29, 1.82) is 0 Å². The Morgan fingerprint density at radius 2 is 0.654 bits per heavy atom. The van der Waals surface area contributed by atoms with Crippen molar-refractivity contribution in [3.8, 4) is 11.8 Å². The van der Waals surface area contributed by atoms with Crippen molar-refractivity contribution in [2.24, 2.45) is 0 Å². The fourth-order valence-corrected chi connectivity index (χ4v) is 3.66. The first-order valence-electron chi connectivity index (χ1n) is 12.0. The molecule has 0 nitrogen and oxygen atoms in total. The van der Waals surface area contributed by atoms with Gasteiger partial charge in [-0.15, -0.1) is 11.8 Å². The lowest BCUT2D eigenvalue weighted by molar-refractivity contribution is 0.521. The van der Waals surface area contributed by atoms with Crippen LogP contribution in [-0.4, -0.2) is 0 Å². The second-order valence-electron chi connectivity index (χ2n) is 8.03. The maximum absolute atomic E-state index is 3.91. The Morgan fingerprint density at radius 3 is 0.923 bits per heavy atom. The van der Waals surface area contributed by atoms with E-state index in [1.807, 2.05) is 0 Å². The molecule has 0 saturated carbocycles. The highest BCUT2D eigenvalue weighted by atomic mass is 14.0. The van der Waals surface area contributed by atoms with E-state index < -0.39 is 0 Å². The van der Waals surface area contributed by atoms with E-state index in [-0.39, 0.29) is 0 Å². The van der Waals surface area contributed by atoms with Crippen molar-refractivity contribution in [2.45, 2.75) is 141 Å². The summed E-state index contributed by atoms with van der Waals surface area (Å²) in [5, 5.41) is 0. The summed E-state index contributed by atoms with van der Waals surface area (Å²) in [4.78, 5) is 0. The van der Waals surface area contributed by atoms with E-state index in [1.165, 1.54) is 128 Å². The predicted molar refractivity (Wildman–Crippen MR) is 120 cm³/mol. The lowest BCUT2D eigenvalue weighted by Gasteiger charge is -2.04. The molecule has 0 spiro atoms.